The molecule has 0 spiro atoms. The van der Waals surface area contributed by atoms with Gasteiger partial charge in [-0.15, -0.1) is 0 Å². The van der Waals surface area contributed by atoms with E-state index in [0.29, 0.717) is 65.0 Å². The Kier molecular flexibility index (Phi) is 28.5. The van der Waals surface area contributed by atoms with E-state index in [9.17, 15) is 24.2 Å². The van der Waals surface area contributed by atoms with E-state index < -0.39 is 0 Å². The Morgan fingerprint density at radius 2 is 0.652 bits per heavy atom. The Balaban J connectivity index is 0.000000110. The van der Waals surface area contributed by atoms with Gasteiger partial charge in [0.1, 0.15) is 66.4 Å². The van der Waals surface area contributed by atoms with Gasteiger partial charge < -0.3 is 55.7 Å². The Morgan fingerprint density at radius 3 is 0.957 bits per heavy atom. The molecule has 26 heteroatoms. The molecule has 7 N–H and O–H groups in total. The van der Waals surface area contributed by atoms with Gasteiger partial charge in [-0.25, -0.2) is 44.3 Å². The second kappa shape index (κ2) is 42.6. The highest BCUT2D eigenvalue weighted by Crippen LogP contribution is 2.49. The largest absolute Gasteiger partial charge is 0.508 e. The molecule has 0 radical (unpaired) electrons. The smallest absolute Gasteiger partial charge is 0.251 e. The number of aldehydes is 1. The fourth-order valence-corrected chi connectivity index (χ4v) is 23.2. The molecule has 8 heterocycles. The number of carbonyl (C=O) groups is 2. The number of halogens is 1. The maximum Gasteiger partial charge on any atom is 0.251 e. The quantitative estimate of drug-likeness (QED) is 0.0370. The molecule has 0 atom stereocenters. The molecule has 712 valence electrons. The molecule has 8 fully saturated rings. The number of fused-ring (bicyclic) bond motifs is 12. The highest BCUT2D eigenvalue weighted by atomic mass is 19.1. The molecule has 4 aliphatic heterocycles. The molecule has 4 saturated carbocycles. The third-order valence-corrected chi connectivity index (χ3v) is 30.9. The lowest BCUT2D eigenvalue weighted by molar-refractivity contribution is 0.00788. The van der Waals surface area contributed by atoms with E-state index in [1.807, 2.05) is 66.7 Å². The van der Waals surface area contributed by atoms with Gasteiger partial charge in [0, 0.05) is 172 Å². The summed E-state index contributed by atoms with van der Waals surface area (Å²) < 4.78 is 36.0. The number of nitrogens with one attached hydrogen (secondary N) is 5. The highest BCUT2D eigenvalue weighted by molar-refractivity contribution is 5.95. The molecular formula is C112H124FN17O8. The van der Waals surface area contributed by atoms with Crippen molar-refractivity contribution in [1.82, 2.24) is 64.8 Å². The van der Waals surface area contributed by atoms with Gasteiger partial charge in [0.25, 0.3) is 5.91 Å². The van der Waals surface area contributed by atoms with Gasteiger partial charge in [0.2, 0.25) is 0 Å². The number of aromatic nitrogens is 8. The minimum atomic E-state index is -0.383. The van der Waals surface area contributed by atoms with E-state index in [1.54, 1.807) is 50.6 Å². The summed E-state index contributed by atoms with van der Waals surface area (Å²) in [7, 11) is 1.65. The van der Waals surface area contributed by atoms with Crippen molar-refractivity contribution in [2.75, 3.05) is 134 Å². The van der Waals surface area contributed by atoms with Gasteiger partial charge in [0.05, 0.1) is 82.2 Å². The van der Waals surface area contributed by atoms with Gasteiger partial charge in [-0.2, -0.15) is 0 Å². The Morgan fingerprint density at radius 1 is 0.362 bits per heavy atom. The molecule has 0 unspecified atom stereocenters. The van der Waals surface area contributed by atoms with E-state index in [0.717, 1.165) is 307 Å². The summed E-state index contributed by atoms with van der Waals surface area (Å²) in [4.78, 5) is 70.5. The summed E-state index contributed by atoms with van der Waals surface area (Å²) in [6, 6.07) is 58.4. The second-order valence-corrected chi connectivity index (χ2v) is 39.0. The van der Waals surface area contributed by atoms with Crippen LogP contribution in [0.3, 0.4) is 0 Å². The fraction of sp³-hybridized carbons (Fsp3) is 0.411. The summed E-state index contributed by atoms with van der Waals surface area (Å²) in [5.74, 6) is 3.62. The minimum Gasteiger partial charge on any atom is -0.508 e. The monoisotopic (exact) mass is 1850 g/mol. The van der Waals surface area contributed by atoms with E-state index in [1.165, 1.54) is 96.4 Å². The second-order valence-electron chi connectivity index (χ2n) is 39.0. The van der Waals surface area contributed by atoms with Crippen LogP contribution in [0.25, 0.3) is 89.0 Å². The fourth-order valence-electron chi connectivity index (χ4n) is 23.2. The van der Waals surface area contributed by atoms with Crippen LogP contribution >= 0.6 is 0 Å². The third-order valence-electron chi connectivity index (χ3n) is 30.9. The number of aromatic hydroxyl groups is 1. The molecule has 12 aromatic rings. The van der Waals surface area contributed by atoms with Crippen LogP contribution in [0, 0.1) is 5.82 Å². The van der Waals surface area contributed by atoms with Crippen LogP contribution in [0.5, 0.6) is 5.75 Å². The lowest BCUT2D eigenvalue weighted by atomic mass is 9.89. The van der Waals surface area contributed by atoms with Crippen LogP contribution in [-0.4, -0.2) is 242 Å². The van der Waals surface area contributed by atoms with Crippen LogP contribution in [0.15, 0.2) is 189 Å². The maximum atomic E-state index is 13.9. The first-order valence-corrected chi connectivity index (χ1v) is 50.2. The SMILES string of the molecule is CNC(=O)c1ccc(-c2ccc3c(c2)-c2c(ncnc2NC2CCC(N4CCOCC4)CC2)C3)cc1.O=Cc1ccc(-c2ccc3c(c2)-c2c(ncnc2NC2CCC(N4CCOCC4)CC2)C3)cc1.OCc1cc(-c2ccc3c(c2)-c2c(ncnc2NC2CCC(N4CCOCC4)CC2)C3)ccc1F.Oc1cccc(-c2ccc3c(c2)-c2c(ncnc2NC2CCC(N4CCOCC4)CC2)C3)c1. The number of aliphatic hydroxyl groups is 1. The summed E-state index contributed by atoms with van der Waals surface area (Å²) in [6.45, 7) is 15.1. The number of morpholine rings is 4. The van der Waals surface area contributed by atoms with Gasteiger partial charge in [-0.1, -0.05) is 103 Å². The average molecular weight is 1860 g/mol. The van der Waals surface area contributed by atoms with Crippen molar-refractivity contribution in [2.45, 2.75) is 183 Å². The number of phenols is 1. The number of amides is 1. The first-order chi connectivity index (χ1) is 67.9. The molecule has 24 rings (SSSR count). The first-order valence-electron chi connectivity index (χ1n) is 50.2. The van der Waals surface area contributed by atoms with Gasteiger partial charge in [-0.3, -0.25) is 29.2 Å². The number of carbonyl (C=O) groups excluding carboxylic acids is 2. The number of hydrogen-bond donors (Lipinski definition) is 7. The zero-order valence-electron chi connectivity index (χ0n) is 78.8. The molecule has 8 aromatic carbocycles. The van der Waals surface area contributed by atoms with Gasteiger partial charge >= 0.3 is 0 Å². The molecule has 138 heavy (non-hydrogen) atoms. The van der Waals surface area contributed by atoms with Crippen molar-refractivity contribution in [3.8, 4) is 94.8 Å². The van der Waals surface area contributed by atoms with Crippen molar-refractivity contribution in [3.05, 3.63) is 257 Å². The zero-order chi connectivity index (χ0) is 93.4. The average Bonchev–Trinajstić information content (AvgIpc) is 1.62. The Hall–Kier alpha value is -12.2. The normalized spacial score (nSPS) is 22.0. The molecule has 25 nitrogen and oxygen atoms in total. The molecule has 0 bridgehead atoms. The Labute approximate surface area is 807 Å². The molecule has 4 aromatic heterocycles. The number of ether oxygens (including phenoxy) is 4. The molecule has 8 aliphatic carbocycles. The van der Waals surface area contributed by atoms with E-state index in [2.05, 4.69) is 154 Å². The summed E-state index contributed by atoms with van der Waals surface area (Å²) in [5, 5.41) is 37.2. The maximum absolute atomic E-state index is 13.9. The van der Waals surface area contributed by atoms with Crippen molar-refractivity contribution in [2.24, 2.45) is 0 Å². The summed E-state index contributed by atoms with van der Waals surface area (Å²) >= 11 is 0. The number of phenolic OH excluding ortho intramolecular Hbond substituents is 1. The molecule has 1 amide bonds. The number of nitrogens with zero attached hydrogens (tertiary/aromatic N) is 12. The van der Waals surface area contributed by atoms with E-state index in [4.69, 9.17) is 23.9 Å². The van der Waals surface area contributed by atoms with E-state index >= 15 is 0 Å². The predicted molar refractivity (Wildman–Crippen MR) is 537 cm³/mol. The lowest BCUT2D eigenvalue weighted by Crippen LogP contribution is -2.46. The predicted octanol–water partition coefficient (Wildman–Crippen LogP) is 17.6. The van der Waals surface area contributed by atoms with Crippen LogP contribution in [-0.2, 0) is 51.2 Å². The number of aliphatic hydroxyl groups excluding tert-OH is 1. The number of anilines is 4. The van der Waals surface area contributed by atoms with E-state index in [-0.39, 0.29) is 24.1 Å². The number of benzene rings is 8. The minimum absolute atomic E-state index is 0.0729. The highest BCUT2D eigenvalue weighted by Gasteiger charge is 2.37. The van der Waals surface area contributed by atoms with Crippen LogP contribution in [0.1, 0.15) is 174 Å². The molecule has 12 aliphatic rings. The van der Waals surface area contributed by atoms with Crippen molar-refractivity contribution >= 4 is 35.5 Å². The number of rotatable bonds is 19. The number of hydrogen-bond acceptors (Lipinski definition) is 24. The van der Waals surface area contributed by atoms with Crippen molar-refractivity contribution in [3.63, 3.8) is 0 Å². The molecule has 4 saturated heterocycles. The summed E-state index contributed by atoms with van der Waals surface area (Å²) in [5.41, 5.74) is 28.9. The molecular weight excluding hydrogens is 1730 g/mol. The van der Waals surface area contributed by atoms with Gasteiger partial charge in [-0.05, 0) is 252 Å². The topological polar surface area (TPSA) is 288 Å². The van der Waals surface area contributed by atoms with Crippen molar-refractivity contribution in [1.29, 1.82) is 0 Å². The van der Waals surface area contributed by atoms with Crippen LogP contribution in [0.2, 0.25) is 0 Å². The zero-order valence-corrected chi connectivity index (χ0v) is 78.8. The van der Waals surface area contributed by atoms with Crippen LogP contribution in [0.4, 0.5) is 27.7 Å². The third kappa shape index (κ3) is 20.6. The first kappa shape index (κ1) is 92.2. The van der Waals surface area contributed by atoms with Crippen LogP contribution < -0.4 is 26.6 Å². The van der Waals surface area contributed by atoms with Gasteiger partial charge in [0.15, 0.2) is 0 Å². The summed E-state index contributed by atoms with van der Waals surface area (Å²) in [6.07, 6.45) is 29.9. The standard InChI is InChI=1S/C29H33N5O2.C28H31FN4O2.C28H30N4O2.C27H30N4O2/c1-30-29(35)20-4-2-19(3-5-20)21-6-7-22-17-26-27(25(22)16-21)28(32-18-31-26)33-23-8-10-24(11-9-23)34-12-14-36-15-13-34;29-25-8-3-18(13-21(25)16-34)19-1-2-20-15-26-27(24(20)14-19)28(31-17-30-26)32-22-4-6-23(7-5-22)33-9-11-35-12-10-33;33-17-19-1-3-20(4-2-19)21-5-6-22-16-26-27(25(22)15-21)28(30-18-29-26)31-23-7-9-24(10-8-23)32-11-13-34-14-12-32;32-23-3-1-2-18(14-23)19-4-5-20-16-25-26(24(20)15-19)27(29-17-28-25)30-21-6-8-22(9-7-21)31-10-12-33-13-11-31/h2-7,16,18,23-24H,8-15,17H2,1H3,(H,30,35)(H,31,32,33);1-3,8,13-14,17,22-23,34H,4-7,9-12,15-16H2,(H,30,31,32);1-6,15,17-18,23-24H,7-14,16H2,(H,29,30,31);1-5,14-15,17,21-22,32H,6-13,16H2,(H,28,29,30). The lowest BCUT2D eigenvalue weighted by Gasteiger charge is -2.39. The Bertz CT molecular complexity index is 6310. The van der Waals surface area contributed by atoms with Crippen molar-refractivity contribution < 1.29 is 43.1 Å².